The minimum absolute atomic E-state index is 0.108. The zero-order valence-electron chi connectivity index (χ0n) is 9.68. The van der Waals surface area contributed by atoms with Crippen LogP contribution in [0.1, 0.15) is 11.1 Å². The van der Waals surface area contributed by atoms with Crippen LogP contribution in [0, 0.1) is 0 Å². The van der Waals surface area contributed by atoms with Gasteiger partial charge in [-0.1, -0.05) is 24.3 Å². The highest BCUT2D eigenvalue weighted by molar-refractivity contribution is 7.85. The Morgan fingerprint density at radius 1 is 1.21 bits per heavy atom. The van der Waals surface area contributed by atoms with Gasteiger partial charge >= 0.3 is 11.8 Å². The van der Waals surface area contributed by atoms with Crippen molar-refractivity contribution in [1.82, 2.24) is 0 Å². The Morgan fingerprint density at radius 3 is 2.11 bits per heavy atom. The monoisotopic (exact) mass is 294 g/mol. The third kappa shape index (κ3) is 2.92. The lowest BCUT2D eigenvalue weighted by Crippen LogP contribution is -2.30. The van der Waals surface area contributed by atoms with Crippen molar-refractivity contribution in [1.29, 1.82) is 0 Å². The van der Waals surface area contributed by atoms with Crippen molar-refractivity contribution in [3.63, 3.8) is 0 Å². The van der Waals surface area contributed by atoms with E-state index in [-0.39, 0.29) is 12.2 Å². The molecule has 9 heteroatoms. The van der Waals surface area contributed by atoms with Gasteiger partial charge in [0.25, 0.3) is 10.1 Å². The molecule has 0 saturated heterocycles. The van der Waals surface area contributed by atoms with Gasteiger partial charge in [0.2, 0.25) is 0 Å². The number of halogens is 3. The number of benzene rings is 1. The van der Waals surface area contributed by atoms with E-state index in [1.54, 1.807) is 0 Å². The van der Waals surface area contributed by atoms with Gasteiger partial charge in [-0.05, 0) is 5.56 Å². The summed E-state index contributed by atoms with van der Waals surface area (Å²) < 4.78 is 64.2. The fourth-order valence-electron chi connectivity index (χ4n) is 1.45. The number of rotatable bonds is 4. The van der Waals surface area contributed by atoms with Gasteiger partial charge in [-0.25, -0.2) is 0 Å². The molecule has 0 bridgehead atoms. The molecule has 0 unspecified atom stereocenters. The lowest BCUT2D eigenvalue weighted by Gasteiger charge is -2.14. The summed E-state index contributed by atoms with van der Waals surface area (Å²) in [4.78, 5) is 0. The van der Waals surface area contributed by atoms with Crippen molar-refractivity contribution in [3.8, 4) is 0 Å². The molecule has 0 amide bonds. The molecule has 1 aliphatic heterocycles. The molecule has 0 saturated carbocycles. The van der Waals surface area contributed by atoms with Crippen molar-refractivity contribution < 1.29 is 25.8 Å². The summed E-state index contributed by atoms with van der Waals surface area (Å²) in [6.07, 6.45) is -3.68. The maximum absolute atomic E-state index is 12.7. The zero-order chi connectivity index (χ0) is 14.3. The van der Waals surface area contributed by atoms with E-state index in [1.807, 2.05) is 0 Å². The standard InChI is InChI=1S/C10H9F3N2O3S/c1-19(16,17)18-6-7-2-4-8(5-3-7)9(14-15-9)10(11,12)13/h2-5H,6H2,1H3. The molecule has 0 N–H and O–H groups in total. The van der Waals surface area contributed by atoms with Crippen molar-refractivity contribution in [2.75, 3.05) is 6.26 Å². The van der Waals surface area contributed by atoms with Crippen LogP contribution in [-0.2, 0) is 26.6 Å². The van der Waals surface area contributed by atoms with Gasteiger partial charge in [-0.15, -0.1) is 10.2 Å². The van der Waals surface area contributed by atoms with E-state index in [4.69, 9.17) is 0 Å². The van der Waals surface area contributed by atoms with Gasteiger partial charge in [0.05, 0.1) is 12.9 Å². The Morgan fingerprint density at radius 2 is 1.74 bits per heavy atom. The molecular formula is C10H9F3N2O3S. The second kappa shape index (κ2) is 4.27. The summed E-state index contributed by atoms with van der Waals surface area (Å²) in [5.74, 6) is 0. The van der Waals surface area contributed by atoms with Crippen molar-refractivity contribution in [2.45, 2.75) is 18.4 Å². The first-order valence-corrected chi connectivity index (χ1v) is 6.90. The molecule has 0 aliphatic carbocycles. The highest BCUT2D eigenvalue weighted by Crippen LogP contribution is 2.52. The predicted octanol–water partition coefficient (Wildman–Crippen LogP) is 2.34. The van der Waals surface area contributed by atoms with Gasteiger partial charge in [0, 0.05) is 5.56 Å². The molecule has 0 radical (unpaired) electrons. The number of nitrogens with zero attached hydrogens (tertiary/aromatic N) is 2. The molecule has 0 aromatic heterocycles. The average Bonchev–Trinajstić information content (AvgIpc) is 3.06. The summed E-state index contributed by atoms with van der Waals surface area (Å²) in [5, 5.41) is 6.13. The molecule has 5 nitrogen and oxygen atoms in total. The van der Waals surface area contributed by atoms with Crippen molar-refractivity contribution in [3.05, 3.63) is 35.4 Å². The van der Waals surface area contributed by atoms with Crippen LogP contribution < -0.4 is 0 Å². The third-order valence-corrected chi connectivity index (χ3v) is 3.04. The average molecular weight is 294 g/mol. The van der Waals surface area contributed by atoms with E-state index in [0.29, 0.717) is 5.56 Å². The number of alkyl halides is 3. The van der Waals surface area contributed by atoms with Gasteiger partial charge in [-0.3, -0.25) is 4.18 Å². The summed E-state index contributed by atoms with van der Waals surface area (Å²) in [6.45, 7) is -0.230. The van der Waals surface area contributed by atoms with E-state index in [9.17, 15) is 21.6 Å². The molecule has 0 fully saturated rings. The van der Waals surface area contributed by atoms with E-state index >= 15 is 0 Å². The van der Waals surface area contributed by atoms with E-state index in [2.05, 4.69) is 14.4 Å². The molecule has 104 valence electrons. The van der Waals surface area contributed by atoms with E-state index in [0.717, 1.165) is 6.26 Å². The maximum Gasteiger partial charge on any atom is 0.442 e. The van der Waals surface area contributed by atoms with Crippen LogP contribution in [0.5, 0.6) is 0 Å². The molecule has 0 spiro atoms. The molecule has 2 rings (SSSR count). The SMILES string of the molecule is CS(=O)(=O)OCc1ccc(C2(C(F)(F)F)N=N2)cc1. The van der Waals surface area contributed by atoms with E-state index in [1.165, 1.54) is 24.3 Å². The number of hydrogen-bond donors (Lipinski definition) is 0. The second-order valence-electron chi connectivity index (χ2n) is 4.03. The maximum atomic E-state index is 12.7. The van der Waals surface area contributed by atoms with Crippen LogP contribution in [0.4, 0.5) is 13.2 Å². The smallest absolute Gasteiger partial charge is 0.265 e. The molecule has 19 heavy (non-hydrogen) atoms. The van der Waals surface area contributed by atoms with Gasteiger partial charge < -0.3 is 0 Å². The molecule has 0 atom stereocenters. The van der Waals surface area contributed by atoms with Crippen LogP contribution >= 0.6 is 0 Å². The topological polar surface area (TPSA) is 68.1 Å². The molecule has 1 aromatic carbocycles. The second-order valence-corrected chi connectivity index (χ2v) is 5.68. The van der Waals surface area contributed by atoms with Gasteiger partial charge in [0.1, 0.15) is 0 Å². The highest BCUT2D eigenvalue weighted by Gasteiger charge is 2.65. The fraction of sp³-hybridized carbons (Fsp3) is 0.400. The Kier molecular flexibility index (Phi) is 3.13. The van der Waals surface area contributed by atoms with Crippen LogP contribution in [-0.4, -0.2) is 20.8 Å². The van der Waals surface area contributed by atoms with Crippen LogP contribution in [0.3, 0.4) is 0 Å². The van der Waals surface area contributed by atoms with Crippen LogP contribution in [0.25, 0.3) is 0 Å². The molecule has 1 aliphatic rings. The Hall–Kier alpha value is -1.48. The Labute approximate surface area is 107 Å². The fourth-order valence-corrected chi connectivity index (χ4v) is 1.80. The normalized spacial score (nSPS) is 17.5. The third-order valence-electron chi connectivity index (χ3n) is 2.49. The first-order chi connectivity index (χ1) is 8.64. The lowest BCUT2D eigenvalue weighted by molar-refractivity contribution is -0.166. The molecular weight excluding hydrogens is 285 g/mol. The van der Waals surface area contributed by atoms with Crippen LogP contribution in [0.2, 0.25) is 0 Å². The molecule has 1 aromatic rings. The lowest BCUT2D eigenvalue weighted by atomic mass is 10.0. The van der Waals surface area contributed by atoms with Crippen molar-refractivity contribution >= 4 is 10.1 Å². The highest BCUT2D eigenvalue weighted by atomic mass is 32.2. The first-order valence-electron chi connectivity index (χ1n) is 5.09. The largest absolute Gasteiger partial charge is 0.442 e. The minimum atomic E-state index is -4.57. The summed E-state index contributed by atoms with van der Waals surface area (Å²) in [5.41, 5.74) is -2.13. The van der Waals surface area contributed by atoms with Crippen LogP contribution in [0.15, 0.2) is 34.5 Å². The zero-order valence-corrected chi connectivity index (χ0v) is 10.5. The van der Waals surface area contributed by atoms with Gasteiger partial charge in [-0.2, -0.15) is 21.6 Å². The van der Waals surface area contributed by atoms with Crippen molar-refractivity contribution in [2.24, 2.45) is 10.2 Å². The summed E-state index contributed by atoms with van der Waals surface area (Å²) in [6, 6.07) is 5.09. The Balaban J connectivity index is 2.12. The minimum Gasteiger partial charge on any atom is -0.265 e. The quantitative estimate of drug-likeness (QED) is 0.800. The Bertz CT molecular complexity index is 602. The van der Waals surface area contributed by atoms with Gasteiger partial charge in [0.15, 0.2) is 0 Å². The molecule has 1 heterocycles. The summed E-state index contributed by atoms with van der Waals surface area (Å²) in [7, 11) is -3.59. The number of hydrogen-bond acceptors (Lipinski definition) is 5. The summed E-state index contributed by atoms with van der Waals surface area (Å²) >= 11 is 0. The first kappa shape index (κ1) is 13.9. The predicted molar refractivity (Wildman–Crippen MR) is 58.7 cm³/mol. The van der Waals surface area contributed by atoms with E-state index < -0.39 is 22.0 Å².